The third kappa shape index (κ3) is 2.27. The van der Waals surface area contributed by atoms with E-state index < -0.39 is 0 Å². The first-order chi connectivity index (χ1) is 8.13. The smallest absolute Gasteiger partial charge is 0.228 e. The van der Waals surface area contributed by atoms with Crippen molar-refractivity contribution in [3.05, 3.63) is 27.4 Å². The zero-order valence-corrected chi connectivity index (χ0v) is 10.4. The summed E-state index contributed by atoms with van der Waals surface area (Å²) in [6.07, 6.45) is 1.33. The lowest BCUT2D eigenvalue weighted by molar-refractivity contribution is 0.0975. The van der Waals surface area contributed by atoms with Crippen LogP contribution in [0.3, 0.4) is 0 Å². The third-order valence-corrected chi connectivity index (χ3v) is 3.30. The molecule has 1 N–H and O–H groups in total. The van der Waals surface area contributed by atoms with Gasteiger partial charge in [-0.2, -0.15) is 0 Å². The molecule has 90 valence electrons. The first kappa shape index (κ1) is 11.9. The summed E-state index contributed by atoms with van der Waals surface area (Å²) >= 11 is 1.25. The highest BCUT2D eigenvalue weighted by atomic mass is 32.1. The molecule has 5 nitrogen and oxygen atoms in total. The van der Waals surface area contributed by atoms with E-state index in [1.807, 2.05) is 0 Å². The van der Waals surface area contributed by atoms with Crippen molar-refractivity contribution in [3.8, 4) is 0 Å². The van der Waals surface area contributed by atoms with Gasteiger partial charge in [0.2, 0.25) is 5.78 Å². The normalized spacial score (nSPS) is 14.6. The molecule has 6 heteroatoms. The van der Waals surface area contributed by atoms with Gasteiger partial charge in [0.25, 0.3) is 0 Å². The van der Waals surface area contributed by atoms with Crippen LogP contribution in [0, 0.1) is 6.92 Å². The Balaban J connectivity index is 2.22. The molecule has 0 atom stereocenters. The number of ether oxygens (including phenoxy) is 1. The van der Waals surface area contributed by atoms with Crippen molar-refractivity contribution in [2.45, 2.75) is 6.92 Å². The summed E-state index contributed by atoms with van der Waals surface area (Å²) in [6, 6.07) is 0. The first-order valence-electron chi connectivity index (χ1n) is 5.14. The molecule has 1 aromatic heterocycles. The second kappa shape index (κ2) is 4.77. The number of carbonyl (C=O) groups excluding carboxylic acids is 2. The van der Waals surface area contributed by atoms with Crippen molar-refractivity contribution in [2.24, 2.45) is 0 Å². The van der Waals surface area contributed by atoms with Gasteiger partial charge in [-0.1, -0.05) is 0 Å². The number of aryl methyl sites for hydroxylation is 1. The maximum Gasteiger partial charge on any atom is 0.228 e. The number of ketones is 2. The quantitative estimate of drug-likeness (QED) is 0.808. The molecule has 1 aliphatic rings. The monoisotopic (exact) mass is 252 g/mol. The van der Waals surface area contributed by atoms with Crippen LogP contribution in [-0.2, 0) is 4.74 Å². The molecule has 0 aromatic carbocycles. The molecule has 0 radical (unpaired) electrons. The predicted octanol–water partition coefficient (Wildman–Crippen LogP) is 0.950. The minimum Gasteiger partial charge on any atom is -0.383 e. The van der Waals surface area contributed by atoms with E-state index in [2.05, 4.69) is 10.3 Å². The van der Waals surface area contributed by atoms with Crippen LogP contribution < -0.4 is 5.32 Å². The largest absolute Gasteiger partial charge is 0.383 e. The van der Waals surface area contributed by atoms with Crippen molar-refractivity contribution < 1.29 is 14.3 Å². The van der Waals surface area contributed by atoms with Crippen LogP contribution in [0.15, 0.2) is 11.8 Å². The van der Waals surface area contributed by atoms with Gasteiger partial charge in [0.1, 0.15) is 10.6 Å². The lowest BCUT2D eigenvalue weighted by Crippen LogP contribution is -2.28. The van der Waals surface area contributed by atoms with Crippen molar-refractivity contribution in [1.29, 1.82) is 0 Å². The van der Waals surface area contributed by atoms with E-state index in [-0.39, 0.29) is 17.3 Å². The summed E-state index contributed by atoms with van der Waals surface area (Å²) < 4.78 is 4.87. The van der Waals surface area contributed by atoms with Gasteiger partial charge < -0.3 is 10.1 Å². The van der Waals surface area contributed by atoms with E-state index in [1.54, 1.807) is 14.0 Å². The SMILES string of the molecule is COCCNC1=CC(=O)c2sc(C)nc2C1=O. The summed E-state index contributed by atoms with van der Waals surface area (Å²) in [4.78, 5) is 28.3. The molecular weight excluding hydrogens is 240 g/mol. The summed E-state index contributed by atoms with van der Waals surface area (Å²) in [5.41, 5.74) is 0.560. The molecule has 0 saturated carbocycles. The Morgan fingerprint density at radius 2 is 2.24 bits per heavy atom. The number of Topliss-reactive ketones (excluding diaryl/α,β-unsaturated/α-hetero) is 1. The van der Waals surface area contributed by atoms with Crippen LogP contribution in [0.4, 0.5) is 0 Å². The maximum absolute atomic E-state index is 12.0. The van der Waals surface area contributed by atoms with E-state index in [4.69, 9.17) is 4.74 Å². The fourth-order valence-electron chi connectivity index (χ4n) is 1.56. The number of fused-ring (bicyclic) bond motifs is 1. The molecule has 0 bridgehead atoms. The van der Waals surface area contributed by atoms with E-state index in [0.717, 1.165) is 5.01 Å². The second-order valence-electron chi connectivity index (χ2n) is 3.58. The van der Waals surface area contributed by atoms with Crippen molar-refractivity contribution >= 4 is 22.9 Å². The van der Waals surface area contributed by atoms with Gasteiger partial charge in [-0.3, -0.25) is 9.59 Å². The van der Waals surface area contributed by atoms with E-state index >= 15 is 0 Å². The molecule has 17 heavy (non-hydrogen) atoms. The molecule has 1 heterocycles. The van der Waals surface area contributed by atoms with Crippen molar-refractivity contribution in [1.82, 2.24) is 10.3 Å². The van der Waals surface area contributed by atoms with E-state index in [9.17, 15) is 9.59 Å². The summed E-state index contributed by atoms with van der Waals surface area (Å²) in [5.74, 6) is -0.384. The van der Waals surface area contributed by atoms with Crippen LogP contribution in [0.1, 0.15) is 25.2 Å². The highest BCUT2D eigenvalue weighted by molar-refractivity contribution is 7.14. The molecule has 0 saturated heterocycles. The van der Waals surface area contributed by atoms with Crippen LogP contribution >= 0.6 is 11.3 Å². The van der Waals surface area contributed by atoms with Crippen LogP contribution in [0.2, 0.25) is 0 Å². The first-order valence-corrected chi connectivity index (χ1v) is 5.96. The van der Waals surface area contributed by atoms with Gasteiger partial charge in [-0.05, 0) is 6.92 Å². The fraction of sp³-hybridized carbons (Fsp3) is 0.364. The molecule has 0 fully saturated rings. The average Bonchev–Trinajstić information content (AvgIpc) is 2.68. The standard InChI is InChI=1S/C11H12N2O3S/c1-6-13-9-10(15)7(12-3-4-16-2)5-8(14)11(9)17-6/h5,12H,3-4H2,1-2H3. The van der Waals surface area contributed by atoms with Gasteiger partial charge in [-0.15, -0.1) is 11.3 Å². The number of thiazole rings is 1. The van der Waals surface area contributed by atoms with Gasteiger partial charge >= 0.3 is 0 Å². The molecule has 0 spiro atoms. The molecule has 1 aliphatic carbocycles. The molecule has 0 aliphatic heterocycles. The molecular formula is C11H12N2O3S. The topological polar surface area (TPSA) is 68.3 Å². The van der Waals surface area contributed by atoms with Gasteiger partial charge in [0.15, 0.2) is 5.78 Å². The van der Waals surface area contributed by atoms with E-state index in [0.29, 0.717) is 23.7 Å². The number of nitrogens with zero attached hydrogens (tertiary/aromatic N) is 1. The highest BCUT2D eigenvalue weighted by Crippen LogP contribution is 2.25. The summed E-state index contributed by atoms with van der Waals surface area (Å²) in [6.45, 7) is 2.74. The molecule has 1 aromatic rings. The third-order valence-electron chi connectivity index (χ3n) is 2.31. The van der Waals surface area contributed by atoms with Gasteiger partial charge in [0, 0.05) is 19.7 Å². The summed E-state index contributed by atoms with van der Waals surface area (Å²) in [5, 5.41) is 3.61. The predicted molar refractivity (Wildman–Crippen MR) is 63.5 cm³/mol. The number of nitrogens with one attached hydrogen (secondary N) is 1. The number of hydrogen-bond donors (Lipinski definition) is 1. The van der Waals surface area contributed by atoms with E-state index in [1.165, 1.54) is 17.4 Å². The summed E-state index contributed by atoms with van der Waals surface area (Å²) in [7, 11) is 1.58. The Kier molecular flexibility index (Phi) is 3.35. The van der Waals surface area contributed by atoms with Crippen LogP contribution in [-0.4, -0.2) is 36.8 Å². The minimum absolute atomic E-state index is 0.162. The number of carbonyl (C=O) groups is 2. The Morgan fingerprint density at radius 3 is 2.94 bits per heavy atom. The fourth-order valence-corrected chi connectivity index (χ4v) is 2.38. The Labute approximate surface area is 103 Å². The van der Waals surface area contributed by atoms with Crippen LogP contribution in [0.5, 0.6) is 0 Å². The zero-order chi connectivity index (χ0) is 12.4. The molecule has 2 rings (SSSR count). The second-order valence-corrected chi connectivity index (χ2v) is 4.78. The maximum atomic E-state index is 12.0. The molecule has 0 unspecified atom stereocenters. The number of allylic oxidation sites excluding steroid dienone is 2. The Morgan fingerprint density at radius 1 is 1.47 bits per heavy atom. The molecule has 0 amide bonds. The van der Waals surface area contributed by atoms with Crippen molar-refractivity contribution in [2.75, 3.05) is 20.3 Å². The number of hydrogen-bond acceptors (Lipinski definition) is 6. The number of rotatable bonds is 4. The number of methoxy groups -OCH3 is 1. The lowest BCUT2D eigenvalue weighted by Gasteiger charge is -2.12. The van der Waals surface area contributed by atoms with Gasteiger partial charge in [0.05, 0.1) is 17.3 Å². The zero-order valence-electron chi connectivity index (χ0n) is 9.57. The van der Waals surface area contributed by atoms with Crippen molar-refractivity contribution in [3.63, 3.8) is 0 Å². The Bertz CT molecular complexity index is 505. The lowest BCUT2D eigenvalue weighted by atomic mass is 10.0. The number of aromatic nitrogens is 1. The van der Waals surface area contributed by atoms with Gasteiger partial charge in [-0.25, -0.2) is 4.98 Å². The average molecular weight is 252 g/mol. The van der Waals surface area contributed by atoms with Crippen LogP contribution in [0.25, 0.3) is 0 Å². The highest BCUT2D eigenvalue weighted by Gasteiger charge is 2.29. The minimum atomic E-state index is -0.222. The Hall–Kier alpha value is -1.53.